The van der Waals surface area contributed by atoms with Crippen LogP contribution in [0.25, 0.3) is 22.5 Å². The summed E-state index contributed by atoms with van der Waals surface area (Å²) in [7, 11) is 0. The van der Waals surface area contributed by atoms with Gasteiger partial charge >= 0.3 is 0 Å². The molecule has 0 aliphatic rings. The van der Waals surface area contributed by atoms with Crippen molar-refractivity contribution in [2.24, 2.45) is 0 Å². The van der Waals surface area contributed by atoms with Crippen LogP contribution in [0.5, 0.6) is 0 Å². The maximum atomic E-state index is 4.66. The van der Waals surface area contributed by atoms with Gasteiger partial charge in [-0.3, -0.25) is 0 Å². The van der Waals surface area contributed by atoms with Gasteiger partial charge in [-0.25, -0.2) is 29.0 Å². The van der Waals surface area contributed by atoms with E-state index in [1.165, 1.54) is 11.3 Å². The van der Waals surface area contributed by atoms with Crippen molar-refractivity contribution in [2.45, 2.75) is 119 Å². The molecule has 0 aliphatic carbocycles. The average molecular weight is 610 g/mol. The minimum Gasteiger partial charge on any atom is -0.313 e. The van der Waals surface area contributed by atoms with Crippen molar-refractivity contribution in [3.05, 3.63) is 83.6 Å². The molecule has 0 spiro atoms. The van der Waals surface area contributed by atoms with Gasteiger partial charge in [0, 0.05) is 29.2 Å². The Morgan fingerprint density at radius 3 is 1.80 bits per heavy atom. The quantitative estimate of drug-likeness (QED) is 0.187. The molecule has 0 N–H and O–H groups in total. The summed E-state index contributed by atoms with van der Waals surface area (Å²) >= 11 is 0. The minimum absolute atomic E-state index is 0.407. The summed E-state index contributed by atoms with van der Waals surface area (Å²) in [4.78, 5) is 18.0. The predicted molar refractivity (Wildman–Crippen MR) is 184 cm³/mol. The summed E-state index contributed by atoms with van der Waals surface area (Å²) in [5.41, 5.74) is 9.67. The fourth-order valence-electron chi connectivity index (χ4n) is 4.86. The molecule has 9 nitrogen and oxygen atoms in total. The molecular weight excluding hydrogens is 558 g/mol. The highest BCUT2D eigenvalue weighted by Crippen LogP contribution is 2.22. The number of hydrogen-bond acceptors (Lipinski definition) is 6. The Balaban J connectivity index is 0.000000154. The van der Waals surface area contributed by atoms with E-state index in [-0.39, 0.29) is 0 Å². The van der Waals surface area contributed by atoms with Crippen molar-refractivity contribution in [1.82, 2.24) is 43.7 Å². The molecule has 0 unspecified atom stereocenters. The van der Waals surface area contributed by atoms with Crippen LogP contribution in [-0.2, 0) is 0 Å². The molecule has 6 heterocycles. The number of pyridine rings is 1. The van der Waals surface area contributed by atoms with Crippen LogP contribution in [-0.4, -0.2) is 43.7 Å². The summed E-state index contributed by atoms with van der Waals surface area (Å²) in [5, 5.41) is 8.90. The molecule has 45 heavy (non-hydrogen) atoms. The molecule has 0 saturated heterocycles. The Hall–Kier alpha value is -4.14. The molecule has 0 radical (unpaired) electrons. The van der Waals surface area contributed by atoms with Crippen LogP contribution in [0.1, 0.15) is 147 Å². The van der Waals surface area contributed by atoms with Crippen LogP contribution < -0.4 is 0 Å². The second kappa shape index (κ2) is 14.3. The zero-order valence-electron chi connectivity index (χ0n) is 29.2. The smallest absolute Gasteiger partial charge is 0.160 e. The summed E-state index contributed by atoms with van der Waals surface area (Å²) in [6, 6.07) is 10.6. The Bertz CT molecular complexity index is 1620. The highest BCUT2D eigenvalue weighted by Gasteiger charge is 2.12. The van der Waals surface area contributed by atoms with E-state index in [1.54, 1.807) is 0 Å². The zero-order chi connectivity index (χ0) is 33.0. The number of imidazole rings is 2. The SMILES string of the molecule is CC(C)c1ccc2ncc(C(C)C)n2n1.CC(C)c1ccc2ncn(C(C)C)c2n1.CC(C)c1ccn2ncc(C(C)C)c2n1. The Kier molecular flexibility index (Phi) is 10.7. The van der Waals surface area contributed by atoms with Crippen LogP contribution >= 0.6 is 0 Å². The number of hydrogen-bond donors (Lipinski definition) is 0. The van der Waals surface area contributed by atoms with Crippen LogP contribution in [0.4, 0.5) is 0 Å². The van der Waals surface area contributed by atoms with E-state index < -0.39 is 0 Å². The molecule has 0 fully saturated rings. The van der Waals surface area contributed by atoms with Crippen molar-refractivity contribution >= 4 is 22.5 Å². The van der Waals surface area contributed by atoms with Gasteiger partial charge in [0.05, 0.1) is 30.1 Å². The lowest BCUT2D eigenvalue weighted by molar-refractivity contribution is 0.611. The fourth-order valence-corrected chi connectivity index (χ4v) is 4.86. The van der Waals surface area contributed by atoms with Crippen LogP contribution in [0.15, 0.2) is 55.2 Å². The first-order chi connectivity index (χ1) is 21.3. The standard InChI is InChI=1S/3C12H17N3/c1-8(2)10-7-13-15-6-5-11(9(3)4)14-12(10)15;1-8(2)10-5-6-12-13-7-11(9(3)4)15(12)14-10;1-8(2)10-5-6-11-12(14-10)15(7-13-11)9(3)4/h3*5-9H,1-4H3. The van der Waals surface area contributed by atoms with Gasteiger partial charge in [0.25, 0.3) is 0 Å². The summed E-state index contributed by atoms with van der Waals surface area (Å²) in [6.45, 7) is 25.9. The molecular formula is C36H51N9. The first-order valence-electron chi connectivity index (χ1n) is 16.3. The summed E-state index contributed by atoms with van der Waals surface area (Å²) < 4.78 is 5.92. The van der Waals surface area contributed by atoms with Crippen LogP contribution in [0, 0.1) is 0 Å². The second-order valence-corrected chi connectivity index (χ2v) is 13.5. The number of fused-ring (bicyclic) bond motifs is 3. The largest absolute Gasteiger partial charge is 0.313 e. The third-order valence-electron chi connectivity index (χ3n) is 7.81. The van der Waals surface area contributed by atoms with Gasteiger partial charge in [-0.15, -0.1) is 0 Å². The Morgan fingerprint density at radius 1 is 0.578 bits per heavy atom. The first-order valence-corrected chi connectivity index (χ1v) is 16.3. The first kappa shape index (κ1) is 33.7. The summed E-state index contributed by atoms with van der Waals surface area (Å²) in [5.74, 6) is 2.30. The lowest BCUT2D eigenvalue weighted by Gasteiger charge is -2.09. The fraction of sp³-hybridized carbons (Fsp3) is 0.500. The monoisotopic (exact) mass is 609 g/mol. The van der Waals surface area contributed by atoms with Crippen molar-refractivity contribution in [3.63, 3.8) is 0 Å². The van der Waals surface area contributed by atoms with Crippen LogP contribution in [0.3, 0.4) is 0 Å². The van der Waals surface area contributed by atoms with Gasteiger partial charge in [0.1, 0.15) is 5.52 Å². The highest BCUT2D eigenvalue weighted by atomic mass is 15.3. The van der Waals surface area contributed by atoms with E-state index >= 15 is 0 Å². The lowest BCUT2D eigenvalue weighted by Crippen LogP contribution is -2.03. The van der Waals surface area contributed by atoms with E-state index in [4.69, 9.17) is 0 Å². The Morgan fingerprint density at radius 2 is 1.20 bits per heavy atom. The molecule has 240 valence electrons. The molecule has 6 aromatic rings. The average Bonchev–Trinajstić information content (AvgIpc) is 3.73. The van der Waals surface area contributed by atoms with Crippen molar-refractivity contribution in [1.29, 1.82) is 0 Å². The number of nitrogens with zero attached hydrogens (tertiary/aromatic N) is 9. The van der Waals surface area contributed by atoms with Gasteiger partial charge in [0.15, 0.2) is 16.9 Å². The summed E-state index contributed by atoms with van der Waals surface area (Å²) in [6.07, 6.45) is 7.68. The molecule has 6 aromatic heterocycles. The molecule has 0 atom stereocenters. The van der Waals surface area contributed by atoms with Gasteiger partial charge in [0.2, 0.25) is 0 Å². The van der Waals surface area contributed by atoms with E-state index in [0.717, 1.165) is 39.5 Å². The topological polar surface area (TPSA) is 91.1 Å². The van der Waals surface area contributed by atoms with E-state index in [2.05, 4.69) is 136 Å². The maximum Gasteiger partial charge on any atom is 0.160 e. The van der Waals surface area contributed by atoms with Crippen molar-refractivity contribution in [2.75, 3.05) is 0 Å². The van der Waals surface area contributed by atoms with Gasteiger partial charge in [-0.05, 0) is 73.8 Å². The Labute approximate surface area is 268 Å². The zero-order valence-corrected chi connectivity index (χ0v) is 29.2. The highest BCUT2D eigenvalue weighted by molar-refractivity contribution is 5.71. The van der Waals surface area contributed by atoms with Crippen LogP contribution in [0.2, 0.25) is 0 Å². The third kappa shape index (κ3) is 7.75. The number of aromatic nitrogens is 9. The molecule has 6 rings (SSSR count). The van der Waals surface area contributed by atoms with E-state index in [1.807, 2.05) is 46.1 Å². The molecule has 0 bridgehead atoms. The molecule has 0 aliphatic heterocycles. The third-order valence-corrected chi connectivity index (χ3v) is 7.81. The minimum atomic E-state index is 0.407. The molecule has 0 amide bonds. The van der Waals surface area contributed by atoms with Crippen molar-refractivity contribution < 1.29 is 0 Å². The van der Waals surface area contributed by atoms with E-state index in [0.29, 0.717) is 35.6 Å². The maximum absolute atomic E-state index is 4.66. The lowest BCUT2D eigenvalue weighted by atomic mass is 10.1. The second-order valence-electron chi connectivity index (χ2n) is 13.5. The molecule has 0 aromatic carbocycles. The van der Waals surface area contributed by atoms with Gasteiger partial charge in [-0.2, -0.15) is 10.2 Å². The van der Waals surface area contributed by atoms with Crippen molar-refractivity contribution in [3.8, 4) is 0 Å². The molecule has 9 heteroatoms. The number of rotatable bonds is 6. The van der Waals surface area contributed by atoms with E-state index in [9.17, 15) is 0 Å². The normalized spacial score (nSPS) is 11.9. The molecule has 0 saturated carbocycles. The predicted octanol–water partition coefficient (Wildman–Crippen LogP) is 9.09. The van der Waals surface area contributed by atoms with Gasteiger partial charge in [-0.1, -0.05) is 69.2 Å². The van der Waals surface area contributed by atoms with Gasteiger partial charge < -0.3 is 4.57 Å².